The summed E-state index contributed by atoms with van der Waals surface area (Å²) >= 11 is 0. The van der Waals surface area contributed by atoms with Gasteiger partial charge in [0.2, 0.25) is 11.7 Å². The van der Waals surface area contributed by atoms with E-state index >= 15 is 0 Å². The number of rotatable bonds is 4. The summed E-state index contributed by atoms with van der Waals surface area (Å²) in [6, 6.07) is 5.06. The molecule has 5 nitrogen and oxygen atoms in total. The predicted octanol–water partition coefficient (Wildman–Crippen LogP) is 2.53. The van der Waals surface area contributed by atoms with Crippen LogP contribution in [0, 0.1) is 12.7 Å². The molecular formula is C16H20FN3O2. The zero-order valence-corrected chi connectivity index (χ0v) is 12.6. The second kappa shape index (κ2) is 6.54. The van der Waals surface area contributed by atoms with Crippen molar-refractivity contribution in [3.05, 3.63) is 35.5 Å². The Kier molecular flexibility index (Phi) is 4.49. The van der Waals surface area contributed by atoms with Crippen LogP contribution in [0.15, 0.2) is 22.7 Å². The first-order valence-corrected chi connectivity index (χ1v) is 7.61. The number of nitrogens with zero attached hydrogens (tertiary/aromatic N) is 3. The zero-order chi connectivity index (χ0) is 15.5. The maximum Gasteiger partial charge on any atom is 0.241 e. The number of hydrogen-bond acceptors (Lipinski definition) is 5. The van der Waals surface area contributed by atoms with Crippen LogP contribution in [-0.4, -0.2) is 39.3 Å². The number of halogens is 1. The van der Waals surface area contributed by atoms with Crippen molar-refractivity contribution in [3.8, 4) is 11.4 Å². The third-order valence-electron chi connectivity index (χ3n) is 4.20. The third kappa shape index (κ3) is 3.18. The largest absolute Gasteiger partial charge is 0.395 e. The van der Waals surface area contributed by atoms with Crippen molar-refractivity contribution in [2.45, 2.75) is 38.8 Å². The van der Waals surface area contributed by atoms with Crippen molar-refractivity contribution in [2.24, 2.45) is 0 Å². The van der Waals surface area contributed by atoms with Gasteiger partial charge in [0.15, 0.2) is 0 Å². The average Bonchev–Trinajstić information content (AvgIpc) is 2.99. The van der Waals surface area contributed by atoms with Crippen molar-refractivity contribution in [1.82, 2.24) is 15.0 Å². The van der Waals surface area contributed by atoms with E-state index < -0.39 is 0 Å². The van der Waals surface area contributed by atoms with Crippen LogP contribution in [-0.2, 0) is 6.54 Å². The zero-order valence-electron chi connectivity index (χ0n) is 12.6. The van der Waals surface area contributed by atoms with Gasteiger partial charge >= 0.3 is 0 Å². The number of aliphatic hydroxyl groups excluding tert-OH is 1. The molecule has 1 unspecified atom stereocenters. The van der Waals surface area contributed by atoms with E-state index in [4.69, 9.17) is 4.52 Å². The van der Waals surface area contributed by atoms with Crippen LogP contribution in [0.3, 0.4) is 0 Å². The van der Waals surface area contributed by atoms with Crippen LogP contribution < -0.4 is 0 Å². The fourth-order valence-corrected chi connectivity index (χ4v) is 2.82. The van der Waals surface area contributed by atoms with Gasteiger partial charge in [0.05, 0.1) is 13.2 Å². The summed E-state index contributed by atoms with van der Waals surface area (Å²) < 4.78 is 18.9. The standard InChI is InChI=1S/C16H20FN3O2/c1-11-5-6-12(8-14(11)17)16-18-15(22-19-16)9-20-7-3-2-4-13(20)10-21/h5-6,8,13,21H,2-4,7,9-10H2,1H3. The molecule has 0 saturated carbocycles. The van der Waals surface area contributed by atoms with Crippen LogP contribution in [0.1, 0.15) is 30.7 Å². The van der Waals surface area contributed by atoms with Crippen molar-refractivity contribution in [2.75, 3.05) is 13.2 Å². The molecule has 0 aliphatic carbocycles. The van der Waals surface area contributed by atoms with Gasteiger partial charge in [-0.3, -0.25) is 4.90 Å². The fraction of sp³-hybridized carbons (Fsp3) is 0.500. The van der Waals surface area contributed by atoms with Gasteiger partial charge in [-0.25, -0.2) is 4.39 Å². The number of aliphatic hydroxyl groups is 1. The average molecular weight is 305 g/mol. The van der Waals surface area contributed by atoms with Crippen molar-refractivity contribution < 1.29 is 14.0 Å². The number of likely N-dealkylation sites (tertiary alicyclic amines) is 1. The molecule has 0 spiro atoms. The monoisotopic (exact) mass is 305 g/mol. The molecule has 1 saturated heterocycles. The van der Waals surface area contributed by atoms with Crippen LogP contribution >= 0.6 is 0 Å². The Morgan fingerprint density at radius 1 is 1.41 bits per heavy atom. The van der Waals surface area contributed by atoms with Crippen LogP contribution in [0.25, 0.3) is 11.4 Å². The minimum Gasteiger partial charge on any atom is -0.395 e. The predicted molar refractivity (Wildman–Crippen MR) is 79.6 cm³/mol. The highest BCUT2D eigenvalue weighted by molar-refractivity contribution is 5.54. The Morgan fingerprint density at radius 2 is 2.27 bits per heavy atom. The molecule has 1 aromatic heterocycles. The molecule has 2 aromatic rings. The summed E-state index contributed by atoms with van der Waals surface area (Å²) in [5.74, 6) is 0.614. The molecule has 6 heteroatoms. The van der Waals surface area contributed by atoms with Gasteiger partial charge in [-0.1, -0.05) is 23.7 Å². The SMILES string of the molecule is Cc1ccc(-c2noc(CN3CCCCC3CO)n2)cc1F. The van der Waals surface area contributed by atoms with Gasteiger partial charge in [0, 0.05) is 11.6 Å². The van der Waals surface area contributed by atoms with E-state index in [0.29, 0.717) is 29.4 Å². The van der Waals surface area contributed by atoms with Gasteiger partial charge in [-0.2, -0.15) is 4.98 Å². The Balaban J connectivity index is 1.74. The molecule has 2 heterocycles. The molecule has 22 heavy (non-hydrogen) atoms. The Morgan fingerprint density at radius 3 is 3.05 bits per heavy atom. The summed E-state index contributed by atoms with van der Waals surface area (Å²) in [7, 11) is 0. The highest BCUT2D eigenvalue weighted by atomic mass is 19.1. The highest BCUT2D eigenvalue weighted by Crippen LogP contribution is 2.22. The molecule has 3 rings (SSSR count). The normalized spacial score (nSPS) is 19.5. The van der Waals surface area contributed by atoms with Crippen LogP contribution in [0.2, 0.25) is 0 Å². The minimum atomic E-state index is -0.278. The lowest BCUT2D eigenvalue weighted by atomic mass is 10.0. The number of hydrogen-bond donors (Lipinski definition) is 1. The van der Waals surface area contributed by atoms with Gasteiger partial charge in [0.25, 0.3) is 0 Å². The lowest BCUT2D eigenvalue weighted by Crippen LogP contribution is -2.41. The number of aromatic nitrogens is 2. The highest BCUT2D eigenvalue weighted by Gasteiger charge is 2.23. The van der Waals surface area contributed by atoms with E-state index in [1.165, 1.54) is 6.07 Å². The van der Waals surface area contributed by atoms with Crippen molar-refractivity contribution in [1.29, 1.82) is 0 Å². The van der Waals surface area contributed by atoms with Gasteiger partial charge in [0.1, 0.15) is 5.82 Å². The molecule has 0 bridgehead atoms. The van der Waals surface area contributed by atoms with Gasteiger partial charge in [-0.05, 0) is 37.9 Å². The first-order chi connectivity index (χ1) is 10.7. The second-order valence-corrected chi connectivity index (χ2v) is 5.78. The quantitative estimate of drug-likeness (QED) is 0.940. The van der Waals surface area contributed by atoms with Gasteiger partial charge in [-0.15, -0.1) is 0 Å². The summed E-state index contributed by atoms with van der Waals surface area (Å²) in [6.45, 7) is 3.30. The maximum absolute atomic E-state index is 13.6. The molecule has 0 amide bonds. The number of benzene rings is 1. The first kappa shape index (κ1) is 15.1. The van der Waals surface area contributed by atoms with Gasteiger partial charge < -0.3 is 9.63 Å². The van der Waals surface area contributed by atoms with Crippen molar-refractivity contribution in [3.63, 3.8) is 0 Å². The van der Waals surface area contributed by atoms with Crippen LogP contribution in [0.5, 0.6) is 0 Å². The Hall–Kier alpha value is -1.79. The molecule has 1 aliphatic rings. The number of piperidine rings is 1. The molecule has 118 valence electrons. The molecule has 1 N–H and O–H groups in total. The van der Waals surface area contributed by atoms with E-state index in [1.807, 2.05) is 0 Å². The van der Waals surface area contributed by atoms with E-state index in [2.05, 4.69) is 15.0 Å². The van der Waals surface area contributed by atoms with Crippen molar-refractivity contribution >= 4 is 0 Å². The molecule has 0 radical (unpaired) electrons. The summed E-state index contributed by atoms with van der Waals surface area (Å²) in [6.07, 6.45) is 3.24. The molecule has 1 aliphatic heterocycles. The van der Waals surface area contributed by atoms with E-state index in [-0.39, 0.29) is 18.5 Å². The summed E-state index contributed by atoms with van der Waals surface area (Å²) in [5, 5.41) is 13.4. The minimum absolute atomic E-state index is 0.143. The molecule has 1 fully saturated rings. The van der Waals surface area contributed by atoms with E-state index in [9.17, 15) is 9.50 Å². The summed E-state index contributed by atoms with van der Waals surface area (Å²) in [5.41, 5.74) is 1.20. The third-order valence-corrected chi connectivity index (χ3v) is 4.20. The fourth-order valence-electron chi connectivity index (χ4n) is 2.82. The Labute approximate surface area is 128 Å². The smallest absolute Gasteiger partial charge is 0.241 e. The van der Waals surface area contributed by atoms with E-state index in [0.717, 1.165) is 25.8 Å². The molecular weight excluding hydrogens is 285 g/mol. The van der Waals surface area contributed by atoms with Crippen LogP contribution in [0.4, 0.5) is 4.39 Å². The maximum atomic E-state index is 13.6. The molecule has 1 atom stereocenters. The lowest BCUT2D eigenvalue weighted by molar-refractivity contribution is 0.0749. The van der Waals surface area contributed by atoms with E-state index in [1.54, 1.807) is 19.1 Å². The molecule has 1 aromatic carbocycles. The summed E-state index contributed by atoms with van der Waals surface area (Å²) in [4.78, 5) is 6.51. The topological polar surface area (TPSA) is 62.4 Å². The lowest BCUT2D eigenvalue weighted by Gasteiger charge is -2.33. The number of aryl methyl sites for hydroxylation is 1. The first-order valence-electron chi connectivity index (χ1n) is 7.61. The second-order valence-electron chi connectivity index (χ2n) is 5.78. The Bertz CT molecular complexity index is 644.